The van der Waals surface area contributed by atoms with Crippen LogP contribution in [0.4, 0.5) is 17.1 Å². The summed E-state index contributed by atoms with van der Waals surface area (Å²) in [6.07, 6.45) is 0. The van der Waals surface area contributed by atoms with Gasteiger partial charge in [0.25, 0.3) is 0 Å². The summed E-state index contributed by atoms with van der Waals surface area (Å²) in [5.74, 6) is 0. The number of nitrogens with zero attached hydrogens (tertiary/aromatic N) is 2. The summed E-state index contributed by atoms with van der Waals surface area (Å²) in [6, 6.07) is 69.9. The number of fused-ring (bicyclic) bond motifs is 4. The molecule has 0 saturated carbocycles. The Morgan fingerprint density at radius 1 is 0.312 bits per heavy atom. The highest BCUT2D eigenvalue weighted by Crippen LogP contribution is 2.41. The lowest BCUT2D eigenvalue weighted by Crippen LogP contribution is -2.10. The Hall–Kier alpha value is -6.38. The molecule has 0 aliphatic carbocycles. The third kappa shape index (κ3) is 4.92. The standard InChI is InChI=1S/C46H32N2/c1-4-12-33(13-5-1)35-22-25-41(26-23-35)47(39-16-6-2-7-17-39)42-27-29-44-43-28-24-38(37-21-20-34-14-10-11-15-36(34)30-37)31-45(43)48(46(44)32-42)40-18-8-3-9-19-40/h1-32H. The quantitative estimate of drug-likeness (QED) is 0.181. The van der Waals surface area contributed by atoms with E-state index in [2.05, 4.69) is 204 Å². The van der Waals surface area contributed by atoms with Crippen molar-refractivity contribution < 1.29 is 0 Å². The highest BCUT2D eigenvalue weighted by Gasteiger charge is 2.18. The molecule has 9 aromatic rings. The molecule has 0 bridgehead atoms. The van der Waals surface area contributed by atoms with E-state index in [0.29, 0.717) is 0 Å². The Kier molecular flexibility index (Phi) is 6.84. The first kappa shape index (κ1) is 27.9. The number of para-hydroxylation sites is 2. The number of benzene rings is 8. The van der Waals surface area contributed by atoms with Gasteiger partial charge in [-0.05, 0) is 93.7 Å². The zero-order valence-corrected chi connectivity index (χ0v) is 26.4. The van der Waals surface area contributed by atoms with Gasteiger partial charge >= 0.3 is 0 Å². The second-order valence-electron chi connectivity index (χ2n) is 12.3. The minimum absolute atomic E-state index is 1.11. The topological polar surface area (TPSA) is 8.17 Å². The first-order valence-corrected chi connectivity index (χ1v) is 16.4. The van der Waals surface area contributed by atoms with E-state index in [0.717, 1.165) is 22.7 Å². The van der Waals surface area contributed by atoms with Gasteiger partial charge in [-0.15, -0.1) is 0 Å². The summed E-state index contributed by atoms with van der Waals surface area (Å²) in [5, 5.41) is 4.98. The van der Waals surface area contributed by atoms with Crippen LogP contribution in [0.1, 0.15) is 0 Å². The average Bonchev–Trinajstić information content (AvgIpc) is 3.49. The third-order valence-corrected chi connectivity index (χ3v) is 9.35. The molecule has 0 aliphatic rings. The lowest BCUT2D eigenvalue weighted by Gasteiger charge is -2.26. The molecule has 48 heavy (non-hydrogen) atoms. The Morgan fingerprint density at radius 3 is 1.56 bits per heavy atom. The van der Waals surface area contributed by atoms with Crippen LogP contribution >= 0.6 is 0 Å². The van der Waals surface area contributed by atoms with Crippen molar-refractivity contribution in [1.29, 1.82) is 0 Å². The molecular formula is C46H32N2. The molecule has 0 radical (unpaired) electrons. The summed E-state index contributed by atoms with van der Waals surface area (Å²) in [7, 11) is 0. The van der Waals surface area contributed by atoms with Crippen LogP contribution in [0, 0.1) is 0 Å². The average molecular weight is 613 g/mol. The highest BCUT2D eigenvalue weighted by atomic mass is 15.1. The fourth-order valence-corrected chi connectivity index (χ4v) is 7.01. The highest BCUT2D eigenvalue weighted by molar-refractivity contribution is 6.11. The lowest BCUT2D eigenvalue weighted by molar-refractivity contribution is 1.18. The largest absolute Gasteiger partial charge is 0.310 e. The molecule has 9 rings (SSSR count). The number of hydrogen-bond acceptors (Lipinski definition) is 1. The Labute approximate surface area is 280 Å². The maximum absolute atomic E-state index is 2.42. The smallest absolute Gasteiger partial charge is 0.0561 e. The van der Waals surface area contributed by atoms with Crippen LogP contribution in [0.2, 0.25) is 0 Å². The summed E-state index contributed by atoms with van der Waals surface area (Å²) in [6.45, 7) is 0. The molecule has 0 atom stereocenters. The molecule has 0 spiro atoms. The fraction of sp³-hybridized carbons (Fsp3) is 0. The van der Waals surface area contributed by atoms with Gasteiger partial charge in [-0.2, -0.15) is 0 Å². The van der Waals surface area contributed by atoms with Crippen molar-refractivity contribution in [2.75, 3.05) is 4.90 Å². The van der Waals surface area contributed by atoms with Crippen molar-refractivity contribution in [3.8, 4) is 27.9 Å². The second kappa shape index (κ2) is 11.8. The molecule has 1 heterocycles. The molecular weight excluding hydrogens is 581 g/mol. The van der Waals surface area contributed by atoms with Crippen molar-refractivity contribution in [3.63, 3.8) is 0 Å². The predicted octanol–water partition coefficient (Wildman–Crippen LogP) is 12.7. The molecule has 0 aliphatic heterocycles. The lowest BCUT2D eigenvalue weighted by atomic mass is 10.00. The van der Waals surface area contributed by atoms with Crippen molar-refractivity contribution in [3.05, 3.63) is 194 Å². The zero-order chi connectivity index (χ0) is 31.9. The van der Waals surface area contributed by atoms with Gasteiger partial charge in [0.2, 0.25) is 0 Å². The minimum atomic E-state index is 1.11. The summed E-state index contributed by atoms with van der Waals surface area (Å²) < 4.78 is 2.42. The summed E-state index contributed by atoms with van der Waals surface area (Å²) in [4.78, 5) is 2.35. The Bertz CT molecular complexity index is 2530. The molecule has 0 N–H and O–H groups in total. The molecule has 0 saturated heterocycles. The maximum Gasteiger partial charge on any atom is 0.0561 e. The molecule has 0 unspecified atom stereocenters. The monoisotopic (exact) mass is 612 g/mol. The molecule has 1 aromatic heterocycles. The predicted molar refractivity (Wildman–Crippen MR) is 204 cm³/mol. The van der Waals surface area contributed by atoms with E-state index in [9.17, 15) is 0 Å². The SMILES string of the molecule is c1ccc(-c2ccc(N(c3ccccc3)c3ccc4c5ccc(-c6ccc7ccccc7c6)cc5n(-c5ccccc5)c4c3)cc2)cc1. The number of hydrogen-bond donors (Lipinski definition) is 0. The first-order chi connectivity index (χ1) is 23.8. The molecule has 226 valence electrons. The minimum Gasteiger partial charge on any atom is -0.310 e. The maximum atomic E-state index is 2.42. The van der Waals surface area contributed by atoms with Gasteiger partial charge in [0.1, 0.15) is 0 Å². The molecule has 2 nitrogen and oxygen atoms in total. The molecule has 2 heteroatoms. The first-order valence-electron chi connectivity index (χ1n) is 16.4. The van der Waals surface area contributed by atoms with Gasteiger partial charge in [-0.25, -0.2) is 0 Å². The van der Waals surface area contributed by atoms with E-state index in [1.165, 1.54) is 54.8 Å². The number of rotatable bonds is 6. The van der Waals surface area contributed by atoms with E-state index in [-0.39, 0.29) is 0 Å². The van der Waals surface area contributed by atoms with Crippen LogP contribution in [0.5, 0.6) is 0 Å². The fourth-order valence-electron chi connectivity index (χ4n) is 7.01. The van der Waals surface area contributed by atoms with E-state index in [4.69, 9.17) is 0 Å². The van der Waals surface area contributed by atoms with Crippen molar-refractivity contribution in [2.24, 2.45) is 0 Å². The zero-order valence-electron chi connectivity index (χ0n) is 26.4. The van der Waals surface area contributed by atoms with Crippen LogP contribution in [0.15, 0.2) is 194 Å². The van der Waals surface area contributed by atoms with Gasteiger partial charge in [-0.1, -0.05) is 133 Å². The van der Waals surface area contributed by atoms with E-state index in [1.807, 2.05) is 0 Å². The molecule has 0 fully saturated rings. The van der Waals surface area contributed by atoms with Crippen LogP contribution in [0.25, 0.3) is 60.5 Å². The molecule has 8 aromatic carbocycles. The number of anilines is 3. The Balaban J connectivity index is 1.23. The van der Waals surface area contributed by atoms with Crippen molar-refractivity contribution in [2.45, 2.75) is 0 Å². The van der Waals surface area contributed by atoms with Crippen molar-refractivity contribution >= 4 is 49.6 Å². The normalized spacial score (nSPS) is 11.3. The van der Waals surface area contributed by atoms with Crippen LogP contribution in [-0.2, 0) is 0 Å². The van der Waals surface area contributed by atoms with E-state index >= 15 is 0 Å². The van der Waals surface area contributed by atoms with Crippen molar-refractivity contribution in [1.82, 2.24) is 4.57 Å². The Morgan fingerprint density at radius 2 is 0.812 bits per heavy atom. The number of aromatic nitrogens is 1. The van der Waals surface area contributed by atoms with Crippen LogP contribution < -0.4 is 4.90 Å². The summed E-state index contributed by atoms with van der Waals surface area (Å²) in [5.41, 5.74) is 11.7. The van der Waals surface area contributed by atoms with Gasteiger partial charge in [0, 0.05) is 33.5 Å². The van der Waals surface area contributed by atoms with Crippen LogP contribution in [0.3, 0.4) is 0 Å². The third-order valence-electron chi connectivity index (χ3n) is 9.35. The van der Waals surface area contributed by atoms with Gasteiger partial charge in [-0.3, -0.25) is 0 Å². The second-order valence-corrected chi connectivity index (χ2v) is 12.3. The summed E-state index contributed by atoms with van der Waals surface area (Å²) >= 11 is 0. The van der Waals surface area contributed by atoms with Gasteiger partial charge in [0.15, 0.2) is 0 Å². The van der Waals surface area contributed by atoms with E-state index in [1.54, 1.807) is 0 Å². The molecule has 0 amide bonds. The van der Waals surface area contributed by atoms with E-state index < -0.39 is 0 Å². The van der Waals surface area contributed by atoms with Gasteiger partial charge < -0.3 is 9.47 Å². The van der Waals surface area contributed by atoms with Gasteiger partial charge in [0.05, 0.1) is 11.0 Å². The van der Waals surface area contributed by atoms with Crippen LogP contribution in [-0.4, -0.2) is 4.57 Å².